The van der Waals surface area contributed by atoms with Crippen LogP contribution < -0.4 is 0 Å². The molecular weight excluding hydrogens is 284 g/mol. The predicted octanol–water partition coefficient (Wildman–Crippen LogP) is 2.34. The van der Waals surface area contributed by atoms with Crippen LogP contribution in [0, 0.1) is 11.8 Å². The normalized spacial score (nSPS) is 25.5. The van der Waals surface area contributed by atoms with Gasteiger partial charge >= 0.3 is 0 Å². The highest BCUT2D eigenvalue weighted by atomic mass is 32.2. The number of amides is 2. The number of likely N-dealkylation sites (tertiary alicyclic amines) is 1. The van der Waals surface area contributed by atoms with Gasteiger partial charge in [-0.05, 0) is 25.7 Å². The summed E-state index contributed by atoms with van der Waals surface area (Å²) in [7, 11) is 0. The maximum Gasteiger partial charge on any atom is 0.226 e. The van der Waals surface area contributed by atoms with Gasteiger partial charge in [0.15, 0.2) is 0 Å². The highest BCUT2D eigenvalue weighted by Crippen LogP contribution is 2.45. The quantitative estimate of drug-likeness (QED) is 0.786. The molecule has 118 valence electrons. The third-order valence-corrected chi connectivity index (χ3v) is 6.80. The Kier molecular flexibility index (Phi) is 4.21. The molecule has 0 aromatic heterocycles. The van der Waals surface area contributed by atoms with Crippen molar-refractivity contribution in [2.24, 2.45) is 11.8 Å². The summed E-state index contributed by atoms with van der Waals surface area (Å²) in [5.74, 6) is 2.04. The number of hydrogen-bond acceptors (Lipinski definition) is 3. The zero-order valence-electron chi connectivity index (χ0n) is 13.1. The molecule has 0 unspecified atom stereocenters. The minimum absolute atomic E-state index is 0.0300. The Morgan fingerprint density at radius 3 is 2.33 bits per heavy atom. The van der Waals surface area contributed by atoms with Gasteiger partial charge in [-0.3, -0.25) is 9.59 Å². The molecule has 1 spiro atoms. The van der Waals surface area contributed by atoms with Crippen LogP contribution in [-0.4, -0.2) is 51.9 Å². The van der Waals surface area contributed by atoms with Crippen molar-refractivity contribution in [1.29, 1.82) is 0 Å². The second kappa shape index (κ2) is 5.82. The fourth-order valence-corrected chi connectivity index (χ4v) is 5.10. The first-order valence-electron chi connectivity index (χ1n) is 8.28. The lowest BCUT2D eigenvalue weighted by Crippen LogP contribution is -2.55. The third kappa shape index (κ3) is 2.69. The number of thioether (sulfide) groups is 1. The highest BCUT2D eigenvalue weighted by molar-refractivity contribution is 8.00. The van der Waals surface area contributed by atoms with Crippen molar-refractivity contribution in [2.75, 3.05) is 25.4 Å². The van der Waals surface area contributed by atoms with Crippen LogP contribution in [0.4, 0.5) is 0 Å². The summed E-state index contributed by atoms with van der Waals surface area (Å²) in [5.41, 5.74) is 0. The average molecular weight is 310 g/mol. The maximum atomic E-state index is 12.4. The van der Waals surface area contributed by atoms with E-state index in [9.17, 15) is 9.59 Å². The summed E-state index contributed by atoms with van der Waals surface area (Å²) in [6, 6.07) is 0. The summed E-state index contributed by atoms with van der Waals surface area (Å²) in [6.07, 6.45) is 5.24. The maximum absolute atomic E-state index is 12.4. The molecule has 2 saturated heterocycles. The fraction of sp³-hybridized carbons (Fsp3) is 0.875. The van der Waals surface area contributed by atoms with E-state index in [-0.39, 0.29) is 16.7 Å². The molecule has 0 aromatic carbocycles. The zero-order valence-corrected chi connectivity index (χ0v) is 14.0. The van der Waals surface area contributed by atoms with Gasteiger partial charge in [0, 0.05) is 37.2 Å². The molecule has 0 radical (unpaired) electrons. The molecule has 4 nitrogen and oxygen atoms in total. The smallest absolute Gasteiger partial charge is 0.226 e. The van der Waals surface area contributed by atoms with Crippen molar-refractivity contribution >= 4 is 23.6 Å². The van der Waals surface area contributed by atoms with Crippen LogP contribution in [0.5, 0.6) is 0 Å². The van der Waals surface area contributed by atoms with Crippen LogP contribution in [0.2, 0.25) is 0 Å². The standard InChI is InChI=1S/C16H26N2O2S/c1-12(2)14(19)18-10-11-21-16(18)6-8-17(9-7-16)15(20)13-4-3-5-13/h12-13H,3-11H2,1-2H3. The largest absolute Gasteiger partial charge is 0.342 e. The fourth-order valence-electron chi connectivity index (χ4n) is 3.64. The highest BCUT2D eigenvalue weighted by Gasteiger charge is 2.47. The second-order valence-electron chi connectivity index (χ2n) is 6.89. The van der Waals surface area contributed by atoms with Gasteiger partial charge in [-0.25, -0.2) is 0 Å². The first-order valence-corrected chi connectivity index (χ1v) is 9.26. The summed E-state index contributed by atoms with van der Waals surface area (Å²) in [5, 5.41) is 0. The van der Waals surface area contributed by atoms with E-state index in [0.29, 0.717) is 11.8 Å². The zero-order chi connectivity index (χ0) is 15.0. The first-order chi connectivity index (χ1) is 10.0. The number of nitrogens with zero attached hydrogens (tertiary/aromatic N) is 2. The first kappa shape index (κ1) is 15.2. The Labute approximate surface area is 131 Å². The average Bonchev–Trinajstić information content (AvgIpc) is 2.80. The molecular formula is C16H26N2O2S. The van der Waals surface area contributed by atoms with Crippen LogP contribution in [0.3, 0.4) is 0 Å². The van der Waals surface area contributed by atoms with E-state index in [4.69, 9.17) is 0 Å². The molecule has 1 saturated carbocycles. The van der Waals surface area contributed by atoms with Gasteiger partial charge in [-0.1, -0.05) is 20.3 Å². The van der Waals surface area contributed by atoms with Crippen molar-refractivity contribution in [3.63, 3.8) is 0 Å². The molecule has 3 rings (SSSR count). The van der Waals surface area contributed by atoms with Gasteiger partial charge in [0.25, 0.3) is 0 Å². The third-order valence-electron chi connectivity index (χ3n) is 5.25. The number of carbonyl (C=O) groups is 2. The molecule has 3 fully saturated rings. The molecule has 21 heavy (non-hydrogen) atoms. The topological polar surface area (TPSA) is 40.6 Å². The Hall–Kier alpha value is -0.710. The second-order valence-corrected chi connectivity index (χ2v) is 8.35. The van der Waals surface area contributed by atoms with Crippen LogP contribution in [0.25, 0.3) is 0 Å². The lowest BCUT2D eigenvalue weighted by molar-refractivity contribution is -0.142. The molecule has 2 heterocycles. The Morgan fingerprint density at radius 1 is 1.14 bits per heavy atom. The molecule has 0 bridgehead atoms. The van der Waals surface area contributed by atoms with Crippen LogP contribution in [-0.2, 0) is 9.59 Å². The van der Waals surface area contributed by atoms with Crippen molar-refractivity contribution in [3.05, 3.63) is 0 Å². The van der Waals surface area contributed by atoms with Crippen LogP contribution in [0.1, 0.15) is 46.0 Å². The summed E-state index contributed by atoms with van der Waals surface area (Å²) < 4.78 is 0. The lowest BCUT2D eigenvalue weighted by atomic mass is 9.84. The van der Waals surface area contributed by atoms with Gasteiger partial charge in [-0.2, -0.15) is 0 Å². The molecule has 0 atom stereocenters. The lowest BCUT2D eigenvalue weighted by Gasteiger charge is -2.45. The van der Waals surface area contributed by atoms with E-state index in [1.165, 1.54) is 6.42 Å². The van der Waals surface area contributed by atoms with E-state index in [1.54, 1.807) is 0 Å². The van der Waals surface area contributed by atoms with E-state index in [2.05, 4.69) is 4.90 Å². The number of piperidine rings is 1. The molecule has 0 aromatic rings. The van der Waals surface area contributed by atoms with Crippen LogP contribution in [0.15, 0.2) is 0 Å². The Balaban J connectivity index is 1.63. The summed E-state index contributed by atoms with van der Waals surface area (Å²) in [4.78, 5) is 28.9. The van der Waals surface area contributed by atoms with Gasteiger partial charge < -0.3 is 9.80 Å². The molecule has 2 amide bonds. The molecule has 0 N–H and O–H groups in total. The molecule has 5 heteroatoms. The van der Waals surface area contributed by atoms with Gasteiger partial charge in [0.05, 0.1) is 4.87 Å². The van der Waals surface area contributed by atoms with E-state index >= 15 is 0 Å². The van der Waals surface area contributed by atoms with E-state index < -0.39 is 0 Å². The number of carbonyl (C=O) groups excluding carboxylic acids is 2. The Bertz CT molecular complexity index is 426. The summed E-state index contributed by atoms with van der Waals surface area (Å²) in [6.45, 7) is 6.48. The SMILES string of the molecule is CC(C)C(=O)N1CCSC12CCN(C(=O)C1CCC1)CC2. The monoisotopic (exact) mass is 310 g/mol. The van der Waals surface area contributed by atoms with Crippen molar-refractivity contribution < 1.29 is 9.59 Å². The molecule has 3 aliphatic rings. The van der Waals surface area contributed by atoms with Crippen molar-refractivity contribution in [1.82, 2.24) is 9.80 Å². The van der Waals surface area contributed by atoms with E-state index in [1.807, 2.05) is 30.5 Å². The van der Waals surface area contributed by atoms with E-state index in [0.717, 1.165) is 51.1 Å². The summed E-state index contributed by atoms with van der Waals surface area (Å²) >= 11 is 1.93. The molecule has 1 aliphatic carbocycles. The van der Waals surface area contributed by atoms with Crippen molar-refractivity contribution in [2.45, 2.75) is 50.8 Å². The molecule has 2 aliphatic heterocycles. The van der Waals surface area contributed by atoms with Gasteiger partial charge in [-0.15, -0.1) is 11.8 Å². The van der Waals surface area contributed by atoms with Crippen molar-refractivity contribution in [3.8, 4) is 0 Å². The number of hydrogen-bond donors (Lipinski definition) is 0. The van der Waals surface area contributed by atoms with Gasteiger partial charge in [0.1, 0.15) is 0 Å². The minimum Gasteiger partial charge on any atom is -0.342 e. The van der Waals surface area contributed by atoms with Gasteiger partial charge in [0.2, 0.25) is 11.8 Å². The Morgan fingerprint density at radius 2 is 1.81 bits per heavy atom. The predicted molar refractivity (Wildman–Crippen MR) is 84.9 cm³/mol. The van der Waals surface area contributed by atoms with Crippen LogP contribution >= 0.6 is 11.8 Å². The minimum atomic E-state index is -0.0300. The number of rotatable bonds is 2.